The number of carbonyl (C=O) groups is 3. The molecule has 0 heterocycles. The van der Waals surface area contributed by atoms with E-state index < -0.39 is 34.8 Å². The molecule has 2 aromatic carbocycles. The fourth-order valence-corrected chi connectivity index (χ4v) is 3.56. The summed E-state index contributed by atoms with van der Waals surface area (Å²) in [6.07, 6.45) is 2.85. The van der Waals surface area contributed by atoms with E-state index in [0.29, 0.717) is 22.5 Å². The molecular weight excluding hydrogens is 491 g/mol. The monoisotopic (exact) mass is 518 g/mol. The van der Waals surface area contributed by atoms with Crippen molar-refractivity contribution in [1.82, 2.24) is 0 Å². The molecule has 0 bridgehead atoms. The molecule has 192 valence electrons. The lowest BCUT2D eigenvalue weighted by atomic mass is 9.90. The Balaban J connectivity index is 2.63. The van der Waals surface area contributed by atoms with Crippen molar-refractivity contribution in [3.8, 4) is 5.75 Å². The van der Waals surface area contributed by atoms with E-state index >= 15 is 0 Å². The lowest BCUT2D eigenvalue weighted by Gasteiger charge is -2.17. The van der Waals surface area contributed by atoms with Crippen molar-refractivity contribution in [3.05, 3.63) is 77.3 Å². The predicted molar refractivity (Wildman–Crippen MR) is 132 cm³/mol. The lowest BCUT2D eigenvalue weighted by molar-refractivity contribution is -0.143. The average Bonchev–Trinajstić information content (AvgIpc) is 2.83. The van der Waals surface area contributed by atoms with Gasteiger partial charge < -0.3 is 18.4 Å². The van der Waals surface area contributed by atoms with Crippen LogP contribution in [0.15, 0.2) is 60.4 Å². The summed E-state index contributed by atoms with van der Waals surface area (Å²) in [6, 6.07) is 11.8. The summed E-state index contributed by atoms with van der Waals surface area (Å²) in [5, 5.41) is 0. The topological polar surface area (TPSA) is 105 Å². The molecule has 0 spiro atoms. The minimum atomic E-state index is -1.54. The number of halogens is 1. The van der Waals surface area contributed by atoms with E-state index in [-0.39, 0.29) is 30.6 Å². The second-order valence-electron chi connectivity index (χ2n) is 7.50. The van der Waals surface area contributed by atoms with Gasteiger partial charge in [-0.05, 0) is 54.3 Å². The second kappa shape index (κ2) is 13.9. The Morgan fingerprint density at radius 1 is 1.00 bits per heavy atom. The number of allylic oxidation sites excluding steroid dienone is 2. The third kappa shape index (κ3) is 8.77. The van der Waals surface area contributed by atoms with E-state index in [0.717, 1.165) is 0 Å². The van der Waals surface area contributed by atoms with Gasteiger partial charge in [-0.15, -0.1) is 0 Å². The summed E-state index contributed by atoms with van der Waals surface area (Å²) >= 11 is -1.54. The summed E-state index contributed by atoms with van der Waals surface area (Å²) in [4.78, 5) is 36.1. The van der Waals surface area contributed by atoms with Gasteiger partial charge in [0.2, 0.25) is 11.1 Å². The highest BCUT2D eigenvalue weighted by atomic mass is 32.2. The minimum absolute atomic E-state index is 0.0150. The van der Waals surface area contributed by atoms with Gasteiger partial charge in [0.1, 0.15) is 11.6 Å². The molecular formula is C26H27FO8S. The van der Waals surface area contributed by atoms with Crippen LogP contribution in [-0.4, -0.2) is 42.1 Å². The molecule has 0 aliphatic carbocycles. The molecule has 0 saturated heterocycles. The Labute approximate surface area is 211 Å². The van der Waals surface area contributed by atoms with Gasteiger partial charge in [-0.1, -0.05) is 24.3 Å². The molecule has 2 aromatic rings. The number of esters is 3. The van der Waals surface area contributed by atoms with E-state index in [9.17, 15) is 23.0 Å². The van der Waals surface area contributed by atoms with Crippen molar-refractivity contribution in [1.29, 1.82) is 0 Å². The Kier molecular flexibility index (Phi) is 11.0. The smallest absolute Gasteiger partial charge is 0.339 e. The first-order chi connectivity index (χ1) is 17.1. The van der Waals surface area contributed by atoms with Crippen LogP contribution in [0.25, 0.3) is 11.1 Å². The first-order valence-electron chi connectivity index (χ1n) is 10.8. The number of rotatable bonds is 11. The van der Waals surface area contributed by atoms with Crippen LogP contribution >= 0.6 is 0 Å². The highest BCUT2D eigenvalue weighted by Crippen LogP contribution is 2.34. The molecule has 8 nitrogen and oxygen atoms in total. The van der Waals surface area contributed by atoms with Crippen molar-refractivity contribution < 1.29 is 41.4 Å². The van der Waals surface area contributed by atoms with Crippen LogP contribution in [-0.2, 0) is 39.7 Å². The summed E-state index contributed by atoms with van der Waals surface area (Å²) in [5.41, 5.74) is 1.43. The molecule has 1 unspecified atom stereocenters. The fraction of sp³-hybridized carbons (Fsp3) is 0.269. The zero-order valence-electron chi connectivity index (χ0n) is 20.4. The fourth-order valence-electron chi connectivity index (χ4n) is 3.18. The van der Waals surface area contributed by atoms with Crippen LogP contribution in [0, 0.1) is 5.82 Å². The van der Waals surface area contributed by atoms with E-state index in [1.807, 2.05) is 0 Å². The van der Waals surface area contributed by atoms with Crippen molar-refractivity contribution in [2.24, 2.45) is 0 Å². The van der Waals surface area contributed by atoms with Crippen molar-refractivity contribution in [3.63, 3.8) is 0 Å². The maximum Gasteiger partial charge on any atom is 0.339 e. The lowest BCUT2D eigenvalue weighted by Crippen LogP contribution is -2.12. The molecule has 0 aliphatic heterocycles. The third-order valence-electron chi connectivity index (χ3n) is 4.71. The minimum Gasteiger partial charge on any atom is -0.469 e. The highest BCUT2D eigenvalue weighted by Gasteiger charge is 2.23. The molecule has 0 fully saturated rings. The molecule has 0 radical (unpaired) electrons. The molecule has 10 heteroatoms. The Hall–Kier alpha value is -3.79. The quantitative estimate of drug-likeness (QED) is 0.0821. The maximum absolute atomic E-state index is 14.2. The van der Waals surface area contributed by atoms with Crippen LogP contribution in [0.1, 0.15) is 37.8 Å². The van der Waals surface area contributed by atoms with Gasteiger partial charge >= 0.3 is 17.9 Å². The normalized spacial score (nSPS) is 12.8. The van der Waals surface area contributed by atoms with Gasteiger partial charge in [0.05, 0.1) is 25.6 Å². The number of hydrogen-bond acceptors (Lipinski definition) is 8. The van der Waals surface area contributed by atoms with Crippen LogP contribution in [0.2, 0.25) is 0 Å². The SMILES string of the molecule is COC(=O)CCCOC(=O)/C(=C(\C(C)=C\OC(C)=O)c1ccc(OS(C)=O)cc1)c1cccc(F)c1. The average molecular weight is 519 g/mol. The number of carbonyl (C=O) groups excluding carboxylic acids is 3. The molecule has 0 saturated carbocycles. The van der Waals surface area contributed by atoms with Gasteiger partial charge in [-0.3, -0.25) is 9.59 Å². The molecule has 0 aliphatic rings. The first-order valence-corrected chi connectivity index (χ1v) is 12.3. The number of hydrogen-bond donors (Lipinski definition) is 0. The van der Waals surface area contributed by atoms with Gasteiger partial charge in [-0.2, -0.15) is 0 Å². The Morgan fingerprint density at radius 3 is 2.28 bits per heavy atom. The number of ether oxygens (including phenoxy) is 3. The standard InChI is InChI=1S/C26H27FO8S/c1-17(16-34-18(2)28)24(19-10-12-22(13-11-19)35-36(4)31)25(20-7-5-8-21(27)15-20)26(30)33-14-6-9-23(29)32-3/h5,7-8,10-13,15-16H,6,9,14H2,1-4H3/b17-16+,25-24+. The van der Waals surface area contributed by atoms with Gasteiger partial charge in [0.15, 0.2) is 0 Å². The van der Waals surface area contributed by atoms with Crippen molar-refractivity contribution in [2.45, 2.75) is 26.7 Å². The molecule has 0 aromatic heterocycles. The maximum atomic E-state index is 14.2. The van der Waals surface area contributed by atoms with E-state index in [1.165, 1.54) is 44.8 Å². The predicted octanol–water partition coefficient (Wildman–Crippen LogP) is 4.37. The van der Waals surface area contributed by atoms with Crippen LogP contribution < -0.4 is 4.18 Å². The zero-order chi connectivity index (χ0) is 26.7. The van der Waals surface area contributed by atoms with E-state index in [2.05, 4.69) is 4.74 Å². The van der Waals surface area contributed by atoms with E-state index in [4.69, 9.17) is 13.7 Å². The molecule has 36 heavy (non-hydrogen) atoms. The second-order valence-corrected chi connectivity index (χ2v) is 8.46. The van der Waals surface area contributed by atoms with Gasteiger partial charge in [0, 0.05) is 25.2 Å². The first kappa shape index (κ1) is 28.4. The largest absolute Gasteiger partial charge is 0.469 e. The molecule has 0 N–H and O–H groups in total. The zero-order valence-corrected chi connectivity index (χ0v) is 21.2. The molecule has 2 rings (SSSR count). The van der Waals surface area contributed by atoms with E-state index in [1.54, 1.807) is 37.3 Å². The Morgan fingerprint density at radius 2 is 1.69 bits per heavy atom. The van der Waals surface area contributed by atoms with Crippen molar-refractivity contribution >= 4 is 40.1 Å². The van der Waals surface area contributed by atoms with Crippen LogP contribution in [0.3, 0.4) is 0 Å². The number of methoxy groups -OCH3 is 1. The third-order valence-corrected chi connectivity index (χ3v) is 5.13. The van der Waals surface area contributed by atoms with Crippen LogP contribution in [0.5, 0.6) is 5.75 Å². The van der Waals surface area contributed by atoms with Gasteiger partial charge in [-0.25, -0.2) is 13.4 Å². The van der Waals surface area contributed by atoms with Gasteiger partial charge in [0.25, 0.3) is 0 Å². The summed E-state index contributed by atoms with van der Waals surface area (Å²) in [7, 11) is 1.26. The van der Waals surface area contributed by atoms with Crippen LogP contribution in [0.4, 0.5) is 4.39 Å². The Bertz CT molecular complexity index is 1180. The summed E-state index contributed by atoms with van der Waals surface area (Å²) < 4.78 is 45.8. The number of benzene rings is 2. The molecule has 1 atom stereocenters. The highest BCUT2D eigenvalue weighted by molar-refractivity contribution is 7.79. The summed E-state index contributed by atoms with van der Waals surface area (Å²) in [6.45, 7) is 2.77. The summed E-state index contributed by atoms with van der Waals surface area (Å²) in [5.74, 6) is -2.02. The van der Waals surface area contributed by atoms with Crippen molar-refractivity contribution in [2.75, 3.05) is 20.0 Å². The molecule has 0 amide bonds.